The zero-order valence-electron chi connectivity index (χ0n) is 4.63. The summed E-state index contributed by atoms with van der Waals surface area (Å²) in [5, 5.41) is 5.36. The van der Waals surface area contributed by atoms with E-state index in [4.69, 9.17) is 0 Å². The normalized spacial score (nSPS) is 8.89. The second-order valence-corrected chi connectivity index (χ2v) is 2.23. The molecule has 0 spiro atoms. The van der Waals surface area contributed by atoms with Crippen molar-refractivity contribution in [3.63, 3.8) is 0 Å². The minimum Gasteiger partial charge on any atom is -0.354 e. The standard InChI is InChI=1S/C5H5N2OS/c8-3-1-6-5-7-2-4-9-5/h2,4H,1H2,(H,6,7). The van der Waals surface area contributed by atoms with Crippen molar-refractivity contribution in [2.45, 2.75) is 0 Å². The Balaban J connectivity index is 2.38. The molecule has 0 saturated heterocycles. The van der Waals surface area contributed by atoms with E-state index < -0.39 is 0 Å². The molecule has 1 heterocycles. The van der Waals surface area contributed by atoms with Crippen LogP contribution in [0.2, 0.25) is 0 Å². The maximum atomic E-state index is 9.69. The van der Waals surface area contributed by atoms with Crippen LogP contribution in [-0.4, -0.2) is 17.8 Å². The summed E-state index contributed by atoms with van der Waals surface area (Å²) in [5.41, 5.74) is 0. The van der Waals surface area contributed by atoms with Gasteiger partial charge in [0.05, 0.1) is 6.54 Å². The van der Waals surface area contributed by atoms with E-state index in [-0.39, 0.29) is 6.54 Å². The molecule has 9 heavy (non-hydrogen) atoms. The molecule has 0 aliphatic heterocycles. The lowest BCUT2D eigenvalue weighted by Gasteiger charge is -1.90. The number of rotatable bonds is 3. The molecule has 0 aromatic carbocycles. The first kappa shape index (κ1) is 6.22. The summed E-state index contributed by atoms with van der Waals surface area (Å²) in [4.78, 5) is 13.6. The molecule has 0 fully saturated rings. The van der Waals surface area contributed by atoms with Gasteiger partial charge in [-0.1, -0.05) is 0 Å². The third kappa shape index (κ3) is 1.81. The van der Waals surface area contributed by atoms with Gasteiger partial charge in [0.25, 0.3) is 0 Å². The smallest absolute Gasteiger partial charge is 0.219 e. The van der Waals surface area contributed by atoms with E-state index in [1.807, 2.05) is 5.38 Å². The SMILES string of the molecule is O=[C]CNc1nccs1. The van der Waals surface area contributed by atoms with Crippen molar-refractivity contribution < 1.29 is 4.79 Å². The molecular weight excluding hydrogens is 136 g/mol. The fourth-order valence-corrected chi connectivity index (χ4v) is 0.950. The van der Waals surface area contributed by atoms with E-state index in [0.717, 1.165) is 5.13 Å². The fraction of sp³-hybridized carbons (Fsp3) is 0.200. The van der Waals surface area contributed by atoms with Gasteiger partial charge in [-0.25, -0.2) is 4.98 Å². The molecular formula is C5H5N2OS. The highest BCUT2D eigenvalue weighted by Crippen LogP contribution is 2.08. The molecule has 0 atom stereocenters. The summed E-state index contributed by atoms with van der Waals surface area (Å²) in [6, 6.07) is 0. The van der Waals surface area contributed by atoms with E-state index >= 15 is 0 Å². The van der Waals surface area contributed by atoms with Gasteiger partial charge in [-0.15, -0.1) is 11.3 Å². The number of hydrogen-bond acceptors (Lipinski definition) is 4. The van der Waals surface area contributed by atoms with Gasteiger partial charge in [0, 0.05) is 11.6 Å². The number of nitrogens with one attached hydrogen (secondary N) is 1. The molecule has 3 nitrogen and oxygen atoms in total. The lowest BCUT2D eigenvalue weighted by atomic mass is 10.7. The summed E-state index contributed by atoms with van der Waals surface area (Å²) in [6.07, 6.45) is 3.39. The third-order valence-electron chi connectivity index (χ3n) is 0.744. The summed E-state index contributed by atoms with van der Waals surface area (Å²) in [7, 11) is 0. The fourth-order valence-electron chi connectivity index (χ4n) is 0.422. The first-order chi connectivity index (χ1) is 4.43. The Kier molecular flexibility index (Phi) is 2.21. The molecule has 0 bridgehead atoms. The molecule has 0 amide bonds. The third-order valence-corrected chi connectivity index (χ3v) is 1.47. The molecule has 1 aromatic heterocycles. The lowest BCUT2D eigenvalue weighted by molar-refractivity contribution is 0.557. The predicted octanol–water partition coefficient (Wildman–Crippen LogP) is 0.665. The van der Waals surface area contributed by atoms with Gasteiger partial charge in [0.1, 0.15) is 0 Å². The van der Waals surface area contributed by atoms with Crippen LogP contribution in [0, 0.1) is 0 Å². The van der Waals surface area contributed by atoms with Crippen LogP contribution in [0.3, 0.4) is 0 Å². The second-order valence-electron chi connectivity index (χ2n) is 1.34. The molecule has 0 aliphatic rings. The van der Waals surface area contributed by atoms with Crippen molar-refractivity contribution in [2.24, 2.45) is 0 Å². The van der Waals surface area contributed by atoms with E-state index in [9.17, 15) is 4.79 Å². The minimum atomic E-state index is 0.216. The highest BCUT2D eigenvalue weighted by atomic mass is 32.1. The number of carbonyl (C=O) groups excluding carboxylic acids is 1. The van der Waals surface area contributed by atoms with Gasteiger partial charge < -0.3 is 5.32 Å². The van der Waals surface area contributed by atoms with Crippen molar-refractivity contribution in [3.05, 3.63) is 11.6 Å². The van der Waals surface area contributed by atoms with E-state index in [0.29, 0.717) is 0 Å². The summed E-state index contributed by atoms with van der Waals surface area (Å²) >= 11 is 1.46. The minimum absolute atomic E-state index is 0.216. The molecule has 1 N–H and O–H groups in total. The van der Waals surface area contributed by atoms with Gasteiger partial charge in [-0.3, -0.25) is 4.79 Å². The molecule has 0 saturated carbocycles. The van der Waals surface area contributed by atoms with Crippen LogP contribution in [-0.2, 0) is 4.79 Å². The Morgan fingerprint density at radius 1 is 1.89 bits per heavy atom. The zero-order valence-corrected chi connectivity index (χ0v) is 5.44. The van der Waals surface area contributed by atoms with E-state index in [2.05, 4.69) is 10.3 Å². The molecule has 1 rings (SSSR count). The highest BCUT2D eigenvalue weighted by molar-refractivity contribution is 7.13. The molecule has 0 unspecified atom stereocenters. The van der Waals surface area contributed by atoms with Crippen molar-refractivity contribution >= 4 is 22.8 Å². The first-order valence-corrected chi connectivity index (χ1v) is 3.30. The Morgan fingerprint density at radius 2 is 2.78 bits per heavy atom. The van der Waals surface area contributed by atoms with Crippen LogP contribution in [0.15, 0.2) is 11.6 Å². The number of aromatic nitrogens is 1. The number of hydrogen-bond donors (Lipinski definition) is 1. The number of thiazole rings is 1. The first-order valence-electron chi connectivity index (χ1n) is 2.42. The molecule has 4 heteroatoms. The number of nitrogens with zero attached hydrogens (tertiary/aromatic N) is 1. The molecule has 1 radical (unpaired) electrons. The quantitative estimate of drug-likeness (QED) is 0.672. The Bertz CT molecular complexity index is 173. The van der Waals surface area contributed by atoms with Crippen LogP contribution in [0.1, 0.15) is 0 Å². The zero-order chi connectivity index (χ0) is 6.53. The van der Waals surface area contributed by atoms with Crippen LogP contribution >= 0.6 is 11.3 Å². The molecule has 1 aromatic rings. The Morgan fingerprint density at radius 3 is 3.33 bits per heavy atom. The largest absolute Gasteiger partial charge is 0.354 e. The summed E-state index contributed by atoms with van der Waals surface area (Å²) in [5.74, 6) is 0. The van der Waals surface area contributed by atoms with Gasteiger partial charge >= 0.3 is 0 Å². The monoisotopic (exact) mass is 141 g/mol. The van der Waals surface area contributed by atoms with E-state index in [1.54, 1.807) is 12.5 Å². The van der Waals surface area contributed by atoms with Crippen LogP contribution < -0.4 is 5.32 Å². The van der Waals surface area contributed by atoms with E-state index in [1.165, 1.54) is 11.3 Å². The van der Waals surface area contributed by atoms with Crippen LogP contribution in [0.4, 0.5) is 5.13 Å². The van der Waals surface area contributed by atoms with Gasteiger partial charge in [0.15, 0.2) is 5.13 Å². The lowest BCUT2D eigenvalue weighted by Crippen LogP contribution is -2.00. The van der Waals surface area contributed by atoms with Crippen molar-refractivity contribution in [1.82, 2.24) is 4.98 Å². The summed E-state index contributed by atoms with van der Waals surface area (Å²) in [6.45, 7) is 0.216. The van der Waals surface area contributed by atoms with Crippen molar-refractivity contribution in [1.29, 1.82) is 0 Å². The van der Waals surface area contributed by atoms with Crippen LogP contribution in [0.5, 0.6) is 0 Å². The van der Waals surface area contributed by atoms with Crippen molar-refractivity contribution in [3.8, 4) is 0 Å². The molecule has 0 aliphatic carbocycles. The van der Waals surface area contributed by atoms with Gasteiger partial charge in [-0.05, 0) is 0 Å². The second kappa shape index (κ2) is 3.19. The average Bonchev–Trinajstić information content (AvgIpc) is 2.34. The predicted molar refractivity (Wildman–Crippen MR) is 36.3 cm³/mol. The number of anilines is 1. The maximum absolute atomic E-state index is 9.69. The van der Waals surface area contributed by atoms with Gasteiger partial charge in [-0.2, -0.15) is 0 Å². The Hall–Kier alpha value is -0.900. The van der Waals surface area contributed by atoms with Crippen molar-refractivity contribution in [2.75, 3.05) is 11.9 Å². The summed E-state index contributed by atoms with van der Waals surface area (Å²) < 4.78 is 0. The van der Waals surface area contributed by atoms with Crippen LogP contribution in [0.25, 0.3) is 0 Å². The Labute approximate surface area is 56.7 Å². The topological polar surface area (TPSA) is 42.0 Å². The maximum Gasteiger partial charge on any atom is 0.219 e. The highest BCUT2D eigenvalue weighted by Gasteiger charge is 1.89. The van der Waals surface area contributed by atoms with Gasteiger partial charge in [0.2, 0.25) is 6.29 Å². The average molecular weight is 141 g/mol. The molecule has 47 valence electrons.